The van der Waals surface area contributed by atoms with Crippen molar-refractivity contribution in [3.63, 3.8) is 0 Å². The molecule has 3 heteroatoms. The highest BCUT2D eigenvalue weighted by atomic mass is 16.5. The van der Waals surface area contributed by atoms with Crippen LogP contribution in [0.2, 0.25) is 0 Å². The van der Waals surface area contributed by atoms with Gasteiger partial charge < -0.3 is 15.2 Å². The van der Waals surface area contributed by atoms with Gasteiger partial charge >= 0.3 is 0 Å². The van der Waals surface area contributed by atoms with Crippen molar-refractivity contribution in [2.45, 2.75) is 58.6 Å². The molecule has 0 aliphatic carbocycles. The minimum atomic E-state index is -0.832. The normalized spacial score (nSPS) is 15.8. The molecule has 0 saturated carbocycles. The number of nitrogens with one attached hydrogen (secondary N) is 1. The first-order valence-electron chi connectivity index (χ1n) is 9.25. The standard InChI is InChI=1S/C22H33NO2/c1-7-12-22(24,16(2)15-23-21(3,4)5)19-10-8-18-14-20(25-6)11-9-17(18)13-19/h8-11,13-14,16,23-24H,7,12,15H2,1-6H3. The Morgan fingerprint density at radius 2 is 1.72 bits per heavy atom. The van der Waals surface area contributed by atoms with E-state index in [1.807, 2.05) is 12.1 Å². The van der Waals surface area contributed by atoms with Gasteiger partial charge in [0.25, 0.3) is 0 Å². The molecule has 0 fully saturated rings. The van der Waals surface area contributed by atoms with Crippen molar-refractivity contribution in [2.24, 2.45) is 5.92 Å². The molecule has 2 aromatic carbocycles. The number of hydrogen-bond acceptors (Lipinski definition) is 3. The van der Waals surface area contributed by atoms with E-state index in [0.29, 0.717) is 0 Å². The van der Waals surface area contributed by atoms with Gasteiger partial charge in [-0.2, -0.15) is 0 Å². The Morgan fingerprint density at radius 1 is 1.08 bits per heavy atom. The van der Waals surface area contributed by atoms with Gasteiger partial charge in [-0.3, -0.25) is 0 Å². The van der Waals surface area contributed by atoms with Gasteiger partial charge in [0.15, 0.2) is 0 Å². The number of aliphatic hydroxyl groups is 1. The molecule has 25 heavy (non-hydrogen) atoms. The average molecular weight is 344 g/mol. The van der Waals surface area contributed by atoms with Gasteiger partial charge in [-0.15, -0.1) is 0 Å². The summed E-state index contributed by atoms with van der Waals surface area (Å²) in [6.45, 7) is 11.5. The molecular weight excluding hydrogens is 310 g/mol. The molecule has 138 valence electrons. The fourth-order valence-corrected chi connectivity index (χ4v) is 3.30. The van der Waals surface area contributed by atoms with Gasteiger partial charge in [0, 0.05) is 18.0 Å². The molecule has 2 atom stereocenters. The van der Waals surface area contributed by atoms with Crippen LogP contribution < -0.4 is 10.1 Å². The molecule has 2 unspecified atom stereocenters. The molecule has 0 saturated heterocycles. The van der Waals surface area contributed by atoms with Crippen molar-refractivity contribution in [3.05, 3.63) is 42.0 Å². The molecular formula is C22H33NO2. The van der Waals surface area contributed by atoms with Crippen LogP contribution in [0.3, 0.4) is 0 Å². The minimum Gasteiger partial charge on any atom is -0.497 e. The smallest absolute Gasteiger partial charge is 0.119 e. The molecule has 0 aliphatic rings. The SMILES string of the molecule is CCCC(O)(c1ccc2cc(OC)ccc2c1)C(C)CNC(C)(C)C. The van der Waals surface area contributed by atoms with Crippen LogP contribution in [0.5, 0.6) is 5.75 Å². The topological polar surface area (TPSA) is 41.5 Å². The average Bonchev–Trinajstić information content (AvgIpc) is 2.58. The molecule has 0 amide bonds. The van der Waals surface area contributed by atoms with E-state index in [2.05, 4.69) is 64.2 Å². The van der Waals surface area contributed by atoms with E-state index in [0.717, 1.165) is 41.5 Å². The van der Waals surface area contributed by atoms with Crippen molar-refractivity contribution in [2.75, 3.05) is 13.7 Å². The van der Waals surface area contributed by atoms with Crippen molar-refractivity contribution < 1.29 is 9.84 Å². The monoisotopic (exact) mass is 343 g/mol. The van der Waals surface area contributed by atoms with Crippen LogP contribution in [0.25, 0.3) is 10.8 Å². The fraction of sp³-hybridized carbons (Fsp3) is 0.545. The lowest BCUT2D eigenvalue weighted by atomic mass is 9.78. The number of rotatable bonds is 7. The molecule has 2 N–H and O–H groups in total. The quantitative estimate of drug-likeness (QED) is 0.754. The summed E-state index contributed by atoms with van der Waals surface area (Å²) in [5.41, 5.74) is 0.206. The Hall–Kier alpha value is -1.58. The number of methoxy groups -OCH3 is 1. The van der Waals surface area contributed by atoms with Gasteiger partial charge in [0.2, 0.25) is 0 Å². The molecule has 0 bridgehead atoms. The van der Waals surface area contributed by atoms with Gasteiger partial charge in [0.1, 0.15) is 5.75 Å². The third-order valence-electron chi connectivity index (χ3n) is 4.93. The van der Waals surface area contributed by atoms with Crippen molar-refractivity contribution in [3.8, 4) is 5.75 Å². The molecule has 0 spiro atoms. The number of benzene rings is 2. The van der Waals surface area contributed by atoms with E-state index in [1.165, 1.54) is 0 Å². The molecule has 0 heterocycles. The summed E-state index contributed by atoms with van der Waals surface area (Å²) in [6, 6.07) is 12.3. The predicted molar refractivity (Wildman–Crippen MR) is 106 cm³/mol. The number of ether oxygens (including phenoxy) is 1. The second kappa shape index (κ2) is 7.76. The summed E-state index contributed by atoms with van der Waals surface area (Å²) in [7, 11) is 1.68. The van der Waals surface area contributed by atoms with Crippen LogP contribution in [0.4, 0.5) is 0 Å². The summed E-state index contributed by atoms with van der Waals surface area (Å²) in [6.07, 6.45) is 1.69. The van der Waals surface area contributed by atoms with E-state index in [1.54, 1.807) is 7.11 Å². The molecule has 0 aromatic heterocycles. The van der Waals surface area contributed by atoms with Crippen LogP contribution in [0.15, 0.2) is 36.4 Å². The maximum atomic E-state index is 11.5. The van der Waals surface area contributed by atoms with E-state index >= 15 is 0 Å². The molecule has 2 rings (SSSR count). The largest absolute Gasteiger partial charge is 0.497 e. The first kappa shape index (κ1) is 19.7. The van der Waals surface area contributed by atoms with E-state index in [9.17, 15) is 5.11 Å². The van der Waals surface area contributed by atoms with Crippen LogP contribution >= 0.6 is 0 Å². The highest BCUT2D eigenvalue weighted by molar-refractivity contribution is 5.84. The van der Waals surface area contributed by atoms with Crippen molar-refractivity contribution in [1.29, 1.82) is 0 Å². The molecule has 3 nitrogen and oxygen atoms in total. The molecule has 2 aromatic rings. The lowest BCUT2D eigenvalue weighted by Crippen LogP contribution is -2.45. The predicted octanol–water partition coefficient (Wildman–Crippen LogP) is 4.86. The number of hydrogen-bond donors (Lipinski definition) is 2. The second-order valence-corrected chi connectivity index (χ2v) is 8.13. The van der Waals surface area contributed by atoms with E-state index < -0.39 is 5.60 Å². The van der Waals surface area contributed by atoms with Gasteiger partial charge in [0.05, 0.1) is 12.7 Å². The van der Waals surface area contributed by atoms with E-state index in [4.69, 9.17) is 4.74 Å². The zero-order valence-electron chi connectivity index (χ0n) is 16.5. The zero-order valence-corrected chi connectivity index (χ0v) is 16.5. The summed E-state index contributed by atoms with van der Waals surface area (Å²) >= 11 is 0. The lowest BCUT2D eigenvalue weighted by Gasteiger charge is -2.37. The highest BCUT2D eigenvalue weighted by Crippen LogP contribution is 2.36. The zero-order chi connectivity index (χ0) is 18.7. The summed E-state index contributed by atoms with van der Waals surface area (Å²) in [4.78, 5) is 0. The van der Waals surface area contributed by atoms with Crippen LogP contribution in [0, 0.1) is 5.92 Å². The van der Waals surface area contributed by atoms with Crippen LogP contribution in [-0.4, -0.2) is 24.3 Å². The maximum absolute atomic E-state index is 11.5. The van der Waals surface area contributed by atoms with E-state index in [-0.39, 0.29) is 11.5 Å². The minimum absolute atomic E-state index is 0.0430. The second-order valence-electron chi connectivity index (χ2n) is 8.13. The fourth-order valence-electron chi connectivity index (χ4n) is 3.30. The highest BCUT2D eigenvalue weighted by Gasteiger charge is 2.35. The molecule has 0 radical (unpaired) electrons. The number of fused-ring (bicyclic) bond motifs is 1. The third kappa shape index (κ3) is 4.74. The van der Waals surface area contributed by atoms with Gasteiger partial charge in [-0.25, -0.2) is 0 Å². The Kier molecular flexibility index (Phi) is 6.12. The maximum Gasteiger partial charge on any atom is 0.119 e. The first-order valence-corrected chi connectivity index (χ1v) is 9.25. The van der Waals surface area contributed by atoms with Crippen molar-refractivity contribution >= 4 is 10.8 Å². The lowest BCUT2D eigenvalue weighted by molar-refractivity contribution is -0.0270. The third-order valence-corrected chi connectivity index (χ3v) is 4.93. The van der Waals surface area contributed by atoms with Crippen LogP contribution in [0.1, 0.15) is 53.0 Å². The Labute approximate surface area is 152 Å². The van der Waals surface area contributed by atoms with Gasteiger partial charge in [-0.05, 0) is 61.7 Å². The Bertz CT molecular complexity index is 705. The first-order chi connectivity index (χ1) is 11.7. The summed E-state index contributed by atoms with van der Waals surface area (Å²) < 4.78 is 5.30. The molecule has 0 aliphatic heterocycles. The summed E-state index contributed by atoms with van der Waals surface area (Å²) in [5.74, 6) is 0.967. The Balaban J connectivity index is 2.36. The summed E-state index contributed by atoms with van der Waals surface area (Å²) in [5, 5.41) is 17.3. The van der Waals surface area contributed by atoms with Gasteiger partial charge in [-0.1, -0.05) is 38.5 Å². The van der Waals surface area contributed by atoms with Crippen LogP contribution in [-0.2, 0) is 5.60 Å². The van der Waals surface area contributed by atoms with Crippen molar-refractivity contribution in [1.82, 2.24) is 5.32 Å². The Morgan fingerprint density at radius 3 is 2.32 bits per heavy atom.